The average Bonchev–Trinajstić information content (AvgIpc) is 2.81. The van der Waals surface area contributed by atoms with E-state index in [1.54, 1.807) is 12.4 Å². The van der Waals surface area contributed by atoms with Gasteiger partial charge in [0.05, 0.1) is 17.5 Å². The van der Waals surface area contributed by atoms with Crippen LogP contribution in [-0.4, -0.2) is 42.9 Å². The minimum Gasteiger partial charge on any atom is -0.481 e. The van der Waals surface area contributed by atoms with Crippen molar-refractivity contribution in [3.05, 3.63) is 18.5 Å². The van der Waals surface area contributed by atoms with Crippen molar-refractivity contribution < 1.29 is 9.90 Å². The van der Waals surface area contributed by atoms with Crippen LogP contribution in [0.5, 0.6) is 0 Å². The molecule has 0 aliphatic carbocycles. The fourth-order valence-corrected chi connectivity index (χ4v) is 3.50. The summed E-state index contributed by atoms with van der Waals surface area (Å²) in [6, 6.07) is 2.20. The Bertz CT molecular complexity index is 600. The van der Waals surface area contributed by atoms with Crippen LogP contribution >= 0.6 is 23.5 Å². The lowest BCUT2D eigenvalue weighted by atomic mass is 10.3. The van der Waals surface area contributed by atoms with E-state index in [4.69, 9.17) is 5.11 Å². The molecule has 20 heavy (non-hydrogen) atoms. The van der Waals surface area contributed by atoms with E-state index in [1.165, 1.54) is 11.8 Å². The molecular formula is C13H17N3O2S2. The summed E-state index contributed by atoms with van der Waals surface area (Å²) in [7, 11) is 0. The number of imidazole rings is 1. The maximum absolute atomic E-state index is 10.8. The molecule has 0 saturated heterocycles. The van der Waals surface area contributed by atoms with Crippen molar-refractivity contribution >= 4 is 40.5 Å². The molecule has 7 heteroatoms. The quantitative estimate of drug-likeness (QED) is 0.793. The molecule has 0 spiro atoms. The molecule has 0 fully saturated rings. The van der Waals surface area contributed by atoms with Crippen molar-refractivity contribution in [1.82, 2.24) is 14.5 Å². The SMILES string of the molecule is CCSCC(C)n1c(SCC(=O)O)nc2cnccc21. The van der Waals surface area contributed by atoms with E-state index >= 15 is 0 Å². The molecule has 1 unspecified atom stereocenters. The lowest BCUT2D eigenvalue weighted by molar-refractivity contribution is -0.133. The first-order valence-corrected chi connectivity index (χ1v) is 8.51. The lowest BCUT2D eigenvalue weighted by Crippen LogP contribution is -2.10. The van der Waals surface area contributed by atoms with Crippen LogP contribution in [0.3, 0.4) is 0 Å². The van der Waals surface area contributed by atoms with Crippen molar-refractivity contribution in [3.8, 4) is 0 Å². The summed E-state index contributed by atoms with van der Waals surface area (Å²) < 4.78 is 2.12. The van der Waals surface area contributed by atoms with Gasteiger partial charge < -0.3 is 9.67 Å². The van der Waals surface area contributed by atoms with Gasteiger partial charge in [-0.15, -0.1) is 0 Å². The zero-order valence-electron chi connectivity index (χ0n) is 11.4. The molecule has 5 nitrogen and oxygen atoms in total. The van der Waals surface area contributed by atoms with Gasteiger partial charge in [0.1, 0.15) is 5.52 Å². The smallest absolute Gasteiger partial charge is 0.313 e. The first kappa shape index (κ1) is 15.2. The number of aliphatic carboxylic acids is 1. The molecule has 1 atom stereocenters. The largest absolute Gasteiger partial charge is 0.481 e. The fraction of sp³-hybridized carbons (Fsp3) is 0.462. The molecule has 0 bridgehead atoms. The minimum atomic E-state index is -0.831. The van der Waals surface area contributed by atoms with Gasteiger partial charge in [0.15, 0.2) is 5.16 Å². The zero-order chi connectivity index (χ0) is 14.5. The molecule has 2 aromatic rings. The van der Waals surface area contributed by atoms with Gasteiger partial charge in [-0.3, -0.25) is 9.78 Å². The summed E-state index contributed by atoms with van der Waals surface area (Å²) in [5, 5.41) is 9.60. The Kier molecular flexibility index (Phi) is 5.31. The molecule has 0 aliphatic heterocycles. The minimum absolute atomic E-state index is 0.0182. The molecule has 2 aromatic heterocycles. The van der Waals surface area contributed by atoms with Gasteiger partial charge in [-0.2, -0.15) is 11.8 Å². The summed E-state index contributed by atoms with van der Waals surface area (Å²) in [5.74, 6) is 1.23. The van der Waals surface area contributed by atoms with Crippen LogP contribution in [0.2, 0.25) is 0 Å². The summed E-state index contributed by atoms with van der Waals surface area (Å²) >= 11 is 3.12. The number of thioether (sulfide) groups is 2. The number of aromatic nitrogens is 3. The highest BCUT2D eigenvalue weighted by atomic mass is 32.2. The average molecular weight is 311 g/mol. The van der Waals surface area contributed by atoms with Crippen LogP contribution in [0.1, 0.15) is 19.9 Å². The zero-order valence-corrected chi connectivity index (χ0v) is 13.1. The second-order valence-corrected chi connectivity index (χ2v) is 6.58. The van der Waals surface area contributed by atoms with Gasteiger partial charge in [-0.25, -0.2) is 4.98 Å². The predicted octanol–water partition coefficient (Wildman–Crippen LogP) is 2.92. The number of hydrogen-bond donors (Lipinski definition) is 1. The molecule has 0 radical (unpaired) electrons. The number of nitrogens with zero attached hydrogens (tertiary/aromatic N) is 3. The third-order valence-electron chi connectivity index (χ3n) is 2.79. The number of carboxylic acids is 1. The summed E-state index contributed by atoms with van der Waals surface area (Å²) in [6.45, 7) is 4.27. The molecular weight excluding hydrogens is 294 g/mol. The van der Waals surface area contributed by atoms with Crippen LogP contribution < -0.4 is 0 Å². The second-order valence-electron chi connectivity index (χ2n) is 4.32. The van der Waals surface area contributed by atoms with E-state index in [-0.39, 0.29) is 11.8 Å². The normalized spacial score (nSPS) is 12.7. The number of hydrogen-bond acceptors (Lipinski definition) is 5. The monoisotopic (exact) mass is 311 g/mol. The molecule has 0 aliphatic rings. The molecule has 108 valence electrons. The van der Waals surface area contributed by atoms with Gasteiger partial charge in [-0.05, 0) is 18.7 Å². The molecule has 0 aromatic carbocycles. The highest BCUT2D eigenvalue weighted by molar-refractivity contribution is 7.99. The number of carboxylic acid groups (broad SMARTS) is 1. The number of fused-ring (bicyclic) bond motifs is 1. The van der Waals surface area contributed by atoms with E-state index in [1.807, 2.05) is 17.8 Å². The second kappa shape index (κ2) is 6.99. The van der Waals surface area contributed by atoms with Crippen molar-refractivity contribution in [1.29, 1.82) is 0 Å². The summed E-state index contributed by atoms with van der Waals surface area (Å²) in [6.07, 6.45) is 3.46. The summed E-state index contributed by atoms with van der Waals surface area (Å²) in [5.41, 5.74) is 1.82. The summed E-state index contributed by atoms with van der Waals surface area (Å²) in [4.78, 5) is 19.3. The number of pyridine rings is 1. The van der Waals surface area contributed by atoms with Gasteiger partial charge in [0.2, 0.25) is 0 Å². The van der Waals surface area contributed by atoms with E-state index in [9.17, 15) is 4.79 Å². The standard InChI is InChI=1S/C13H17N3O2S2/c1-3-19-7-9(2)16-11-4-5-14-6-10(11)15-13(16)20-8-12(17)18/h4-6,9H,3,7-8H2,1-2H3,(H,17,18). The van der Waals surface area contributed by atoms with E-state index in [2.05, 4.69) is 28.4 Å². The Morgan fingerprint density at radius 1 is 1.55 bits per heavy atom. The highest BCUT2D eigenvalue weighted by Crippen LogP contribution is 2.28. The van der Waals surface area contributed by atoms with Crippen LogP contribution in [0.4, 0.5) is 0 Å². The molecule has 1 N–H and O–H groups in total. The Morgan fingerprint density at radius 2 is 2.35 bits per heavy atom. The van der Waals surface area contributed by atoms with E-state index in [0.717, 1.165) is 27.7 Å². The van der Waals surface area contributed by atoms with Gasteiger partial charge in [0, 0.05) is 18.0 Å². The Labute approximate surface area is 126 Å². The van der Waals surface area contributed by atoms with Crippen LogP contribution in [0.25, 0.3) is 11.0 Å². The first-order chi connectivity index (χ1) is 9.63. The van der Waals surface area contributed by atoms with Crippen molar-refractivity contribution in [2.24, 2.45) is 0 Å². The van der Waals surface area contributed by atoms with Crippen LogP contribution in [0.15, 0.2) is 23.6 Å². The maximum Gasteiger partial charge on any atom is 0.313 e. The Morgan fingerprint density at radius 3 is 3.05 bits per heavy atom. The molecule has 0 amide bonds. The van der Waals surface area contributed by atoms with Crippen LogP contribution in [0, 0.1) is 0 Å². The third-order valence-corrected chi connectivity index (χ3v) is 4.85. The lowest BCUT2D eigenvalue weighted by Gasteiger charge is -2.16. The van der Waals surface area contributed by atoms with E-state index < -0.39 is 5.97 Å². The van der Waals surface area contributed by atoms with Crippen LogP contribution in [-0.2, 0) is 4.79 Å². The molecule has 0 saturated carbocycles. The topological polar surface area (TPSA) is 68.0 Å². The van der Waals surface area contributed by atoms with Gasteiger partial charge in [0.25, 0.3) is 0 Å². The number of carbonyl (C=O) groups is 1. The predicted molar refractivity (Wildman–Crippen MR) is 83.6 cm³/mol. The fourth-order valence-electron chi connectivity index (χ4n) is 1.95. The van der Waals surface area contributed by atoms with E-state index in [0.29, 0.717) is 0 Å². The first-order valence-electron chi connectivity index (χ1n) is 6.37. The van der Waals surface area contributed by atoms with Crippen molar-refractivity contribution in [3.63, 3.8) is 0 Å². The highest BCUT2D eigenvalue weighted by Gasteiger charge is 2.17. The molecule has 2 rings (SSSR count). The van der Waals surface area contributed by atoms with Gasteiger partial charge in [-0.1, -0.05) is 18.7 Å². The Hall–Kier alpha value is -1.21. The van der Waals surface area contributed by atoms with Crippen molar-refractivity contribution in [2.75, 3.05) is 17.3 Å². The third kappa shape index (κ3) is 3.46. The Balaban J connectivity index is 2.36. The maximum atomic E-state index is 10.8. The van der Waals surface area contributed by atoms with Gasteiger partial charge >= 0.3 is 5.97 Å². The molecule has 2 heterocycles. The number of rotatable bonds is 7. The van der Waals surface area contributed by atoms with Crippen molar-refractivity contribution in [2.45, 2.75) is 25.0 Å².